The number of hydrogen-bond acceptors (Lipinski definition) is 2. The molecule has 1 aromatic heterocycles. The summed E-state index contributed by atoms with van der Waals surface area (Å²) in [4.78, 5) is 16.8. The van der Waals surface area contributed by atoms with Crippen LogP contribution in [-0.4, -0.2) is 9.97 Å². The fourth-order valence-corrected chi connectivity index (χ4v) is 1.72. The summed E-state index contributed by atoms with van der Waals surface area (Å²) in [5.74, 6) is -0.521. The zero-order valence-corrected chi connectivity index (χ0v) is 9.53. The molecule has 0 amide bonds. The highest BCUT2D eigenvalue weighted by Gasteiger charge is 2.06. The van der Waals surface area contributed by atoms with Crippen LogP contribution in [0.2, 0.25) is 0 Å². The summed E-state index contributed by atoms with van der Waals surface area (Å²) < 4.78 is 13.5. The Kier molecular flexibility index (Phi) is 3.32. The van der Waals surface area contributed by atoms with Gasteiger partial charge in [-0.1, -0.05) is 37.6 Å². The largest absolute Gasteiger partial charge is 0.345 e. The number of hydrogen-bond donors (Lipinski definition) is 1. The van der Waals surface area contributed by atoms with Crippen molar-refractivity contribution in [2.45, 2.75) is 19.8 Å². The Bertz CT molecular complexity index is 560. The Morgan fingerprint density at radius 3 is 2.65 bits per heavy atom. The Labute approximate surface area is 98.3 Å². The first-order valence-electron chi connectivity index (χ1n) is 5.55. The number of aryl methyl sites for hydroxylation is 1. The standard InChI is InChI=1S/C13H13FN2O/c1-2-3-9-4-6-10(7-5-9)12-11(14)8-15-13(17)16-12/h4-8H,2-3H2,1H3,(H,15,16,17). The fraction of sp³-hybridized carbons (Fsp3) is 0.231. The zero-order chi connectivity index (χ0) is 12.3. The van der Waals surface area contributed by atoms with Gasteiger partial charge in [-0.2, -0.15) is 4.98 Å². The third kappa shape index (κ3) is 2.58. The van der Waals surface area contributed by atoms with Gasteiger partial charge in [-0.3, -0.25) is 0 Å². The molecule has 4 heteroatoms. The fourth-order valence-electron chi connectivity index (χ4n) is 1.72. The summed E-state index contributed by atoms with van der Waals surface area (Å²) in [6.07, 6.45) is 3.00. The highest BCUT2D eigenvalue weighted by molar-refractivity contribution is 5.59. The number of nitrogens with one attached hydrogen (secondary N) is 1. The van der Waals surface area contributed by atoms with Crippen molar-refractivity contribution >= 4 is 0 Å². The van der Waals surface area contributed by atoms with Crippen molar-refractivity contribution in [3.63, 3.8) is 0 Å². The van der Waals surface area contributed by atoms with Gasteiger partial charge in [0.25, 0.3) is 0 Å². The van der Waals surface area contributed by atoms with Gasteiger partial charge in [0.1, 0.15) is 0 Å². The van der Waals surface area contributed by atoms with E-state index in [4.69, 9.17) is 0 Å². The Morgan fingerprint density at radius 2 is 2.00 bits per heavy atom. The van der Waals surface area contributed by atoms with Crippen molar-refractivity contribution in [2.24, 2.45) is 0 Å². The molecule has 0 aliphatic carbocycles. The molecule has 0 saturated carbocycles. The Morgan fingerprint density at radius 1 is 1.29 bits per heavy atom. The normalized spacial score (nSPS) is 10.5. The number of H-pyrrole nitrogens is 1. The van der Waals surface area contributed by atoms with Crippen LogP contribution >= 0.6 is 0 Å². The first-order chi connectivity index (χ1) is 8.20. The van der Waals surface area contributed by atoms with Gasteiger partial charge in [-0.05, 0) is 12.0 Å². The number of rotatable bonds is 3. The molecule has 0 atom stereocenters. The number of aromatic nitrogens is 2. The molecule has 1 N–H and O–H groups in total. The summed E-state index contributed by atoms with van der Waals surface area (Å²) in [6.45, 7) is 2.11. The van der Waals surface area contributed by atoms with Gasteiger partial charge in [-0.15, -0.1) is 0 Å². The van der Waals surface area contributed by atoms with E-state index in [9.17, 15) is 9.18 Å². The monoisotopic (exact) mass is 232 g/mol. The predicted octanol–water partition coefficient (Wildman–Crippen LogP) is 2.53. The van der Waals surface area contributed by atoms with E-state index in [0.29, 0.717) is 5.56 Å². The quantitative estimate of drug-likeness (QED) is 0.883. The molecule has 88 valence electrons. The smallest absolute Gasteiger partial charge is 0.303 e. The van der Waals surface area contributed by atoms with Gasteiger partial charge >= 0.3 is 5.69 Å². The number of nitrogens with zero attached hydrogens (tertiary/aromatic N) is 1. The second-order valence-electron chi connectivity index (χ2n) is 3.86. The van der Waals surface area contributed by atoms with Crippen LogP contribution in [0.25, 0.3) is 11.3 Å². The molecule has 0 fully saturated rings. The number of benzene rings is 1. The Balaban J connectivity index is 2.39. The van der Waals surface area contributed by atoms with E-state index in [2.05, 4.69) is 16.9 Å². The topological polar surface area (TPSA) is 45.8 Å². The minimum absolute atomic E-state index is 0.188. The first kappa shape index (κ1) is 11.5. The van der Waals surface area contributed by atoms with Gasteiger partial charge in [0.05, 0.1) is 11.9 Å². The van der Waals surface area contributed by atoms with Crippen LogP contribution in [0.3, 0.4) is 0 Å². The van der Waals surface area contributed by atoms with E-state index in [0.717, 1.165) is 19.0 Å². The van der Waals surface area contributed by atoms with Gasteiger partial charge in [0.2, 0.25) is 0 Å². The molecule has 0 aliphatic rings. The highest BCUT2D eigenvalue weighted by Crippen LogP contribution is 2.19. The van der Waals surface area contributed by atoms with Crippen LogP contribution in [0.4, 0.5) is 4.39 Å². The molecule has 0 radical (unpaired) electrons. The second-order valence-corrected chi connectivity index (χ2v) is 3.86. The lowest BCUT2D eigenvalue weighted by molar-refractivity contribution is 0.615. The lowest BCUT2D eigenvalue weighted by atomic mass is 10.1. The molecule has 0 bridgehead atoms. The molecule has 2 aromatic rings. The van der Waals surface area contributed by atoms with E-state index in [1.165, 1.54) is 5.56 Å². The maximum absolute atomic E-state index is 13.5. The van der Waals surface area contributed by atoms with Gasteiger partial charge in [0, 0.05) is 5.56 Å². The summed E-state index contributed by atoms with van der Waals surface area (Å²) >= 11 is 0. The van der Waals surface area contributed by atoms with Crippen LogP contribution in [0.15, 0.2) is 35.3 Å². The molecule has 1 heterocycles. The molecular weight excluding hydrogens is 219 g/mol. The summed E-state index contributed by atoms with van der Waals surface area (Å²) in [5, 5.41) is 0. The molecule has 0 aliphatic heterocycles. The van der Waals surface area contributed by atoms with E-state index in [-0.39, 0.29) is 5.69 Å². The highest BCUT2D eigenvalue weighted by atomic mass is 19.1. The van der Waals surface area contributed by atoms with Crippen LogP contribution in [0.5, 0.6) is 0 Å². The lowest BCUT2D eigenvalue weighted by Crippen LogP contribution is -2.11. The third-order valence-electron chi connectivity index (χ3n) is 2.55. The summed E-state index contributed by atoms with van der Waals surface area (Å²) in [5.41, 5.74) is 1.50. The van der Waals surface area contributed by atoms with E-state index in [1.807, 2.05) is 12.1 Å². The van der Waals surface area contributed by atoms with Crippen molar-refractivity contribution < 1.29 is 4.39 Å². The maximum Gasteiger partial charge on any atom is 0.345 e. The lowest BCUT2D eigenvalue weighted by Gasteiger charge is -2.04. The molecule has 17 heavy (non-hydrogen) atoms. The van der Waals surface area contributed by atoms with Crippen molar-refractivity contribution in [1.29, 1.82) is 0 Å². The summed E-state index contributed by atoms with van der Waals surface area (Å²) in [6, 6.07) is 7.49. The SMILES string of the molecule is CCCc1ccc(-c2[nH]c(=O)ncc2F)cc1. The van der Waals surface area contributed by atoms with Gasteiger partial charge in [-0.25, -0.2) is 9.18 Å². The predicted molar refractivity (Wildman–Crippen MR) is 64.2 cm³/mol. The van der Waals surface area contributed by atoms with Gasteiger partial charge in [0.15, 0.2) is 5.82 Å². The number of aromatic amines is 1. The first-order valence-corrected chi connectivity index (χ1v) is 5.55. The van der Waals surface area contributed by atoms with Crippen molar-refractivity contribution in [1.82, 2.24) is 9.97 Å². The van der Waals surface area contributed by atoms with E-state index >= 15 is 0 Å². The van der Waals surface area contributed by atoms with Crippen molar-refractivity contribution in [3.8, 4) is 11.3 Å². The Hall–Kier alpha value is -1.97. The second kappa shape index (κ2) is 4.91. The third-order valence-corrected chi connectivity index (χ3v) is 2.55. The van der Waals surface area contributed by atoms with Crippen molar-refractivity contribution in [2.75, 3.05) is 0 Å². The van der Waals surface area contributed by atoms with E-state index < -0.39 is 11.5 Å². The molecule has 0 saturated heterocycles. The summed E-state index contributed by atoms with van der Waals surface area (Å²) in [7, 11) is 0. The molecule has 3 nitrogen and oxygen atoms in total. The molecular formula is C13H13FN2O. The van der Waals surface area contributed by atoms with Crippen LogP contribution in [0.1, 0.15) is 18.9 Å². The number of halogens is 1. The maximum atomic E-state index is 13.5. The van der Waals surface area contributed by atoms with Crippen molar-refractivity contribution in [3.05, 3.63) is 52.3 Å². The van der Waals surface area contributed by atoms with Crippen LogP contribution < -0.4 is 5.69 Å². The van der Waals surface area contributed by atoms with Crippen LogP contribution in [-0.2, 0) is 6.42 Å². The zero-order valence-electron chi connectivity index (χ0n) is 9.53. The van der Waals surface area contributed by atoms with Gasteiger partial charge < -0.3 is 4.98 Å². The van der Waals surface area contributed by atoms with E-state index in [1.54, 1.807) is 12.1 Å². The molecule has 0 spiro atoms. The van der Waals surface area contributed by atoms with Crippen LogP contribution in [0, 0.1) is 5.82 Å². The minimum Gasteiger partial charge on any atom is -0.303 e. The molecule has 1 aromatic carbocycles. The molecule has 2 rings (SSSR count). The molecule has 0 unspecified atom stereocenters. The minimum atomic E-state index is -0.543. The average Bonchev–Trinajstić information content (AvgIpc) is 2.34. The average molecular weight is 232 g/mol.